The van der Waals surface area contributed by atoms with Crippen LogP contribution in [0.15, 0.2) is 42.5 Å². The summed E-state index contributed by atoms with van der Waals surface area (Å²) in [6, 6.07) is 11.9. The topological polar surface area (TPSA) is 35.6 Å². The predicted octanol–water partition coefficient (Wildman–Crippen LogP) is 3.03. The van der Waals surface area contributed by atoms with E-state index in [2.05, 4.69) is 46.3 Å². The minimum absolute atomic E-state index is 0.219. The third kappa shape index (κ3) is 5.09. The lowest BCUT2D eigenvalue weighted by Crippen LogP contribution is -2.48. The van der Waals surface area contributed by atoms with Crippen LogP contribution in [0.5, 0.6) is 0 Å². The van der Waals surface area contributed by atoms with E-state index in [1.165, 1.54) is 17.2 Å². The van der Waals surface area contributed by atoms with Crippen molar-refractivity contribution < 1.29 is 13.6 Å². The highest BCUT2D eigenvalue weighted by molar-refractivity contribution is 5.92. The zero-order valence-electron chi connectivity index (χ0n) is 14.8. The largest absolute Gasteiger partial charge is 0.325 e. The normalized spacial score (nSPS) is 15.8. The number of hydrogen-bond acceptors (Lipinski definition) is 3. The van der Waals surface area contributed by atoms with Gasteiger partial charge in [0.1, 0.15) is 0 Å². The number of piperazine rings is 1. The Hall–Kier alpha value is -2.31. The Morgan fingerprint density at radius 1 is 1.00 bits per heavy atom. The fourth-order valence-corrected chi connectivity index (χ4v) is 3.15. The first kappa shape index (κ1) is 18.5. The predicted molar refractivity (Wildman–Crippen MR) is 97.9 cm³/mol. The van der Waals surface area contributed by atoms with Crippen LogP contribution in [0.2, 0.25) is 0 Å². The second-order valence-electron chi connectivity index (χ2n) is 6.72. The van der Waals surface area contributed by atoms with Gasteiger partial charge in [0, 0.05) is 44.5 Å². The molecule has 0 radical (unpaired) electrons. The van der Waals surface area contributed by atoms with Gasteiger partial charge in [0.15, 0.2) is 11.6 Å². The van der Waals surface area contributed by atoms with E-state index in [9.17, 15) is 13.6 Å². The Balaban J connectivity index is 1.44. The number of benzene rings is 2. The molecule has 4 nitrogen and oxygen atoms in total. The van der Waals surface area contributed by atoms with Crippen LogP contribution in [0.25, 0.3) is 0 Å². The number of carbonyl (C=O) groups excluding carboxylic acids is 1. The van der Waals surface area contributed by atoms with Crippen LogP contribution in [0.1, 0.15) is 11.1 Å². The molecule has 3 rings (SSSR count). The molecule has 2 aromatic carbocycles. The summed E-state index contributed by atoms with van der Waals surface area (Å²) in [5, 5.41) is 2.61. The summed E-state index contributed by atoms with van der Waals surface area (Å²) >= 11 is 0. The van der Waals surface area contributed by atoms with Crippen molar-refractivity contribution in [3.8, 4) is 0 Å². The van der Waals surface area contributed by atoms with Crippen LogP contribution < -0.4 is 5.32 Å². The molecule has 138 valence electrons. The summed E-state index contributed by atoms with van der Waals surface area (Å²) < 4.78 is 26.1. The van der Waals surface area contributed by atoms with E-state index in [0.29, 0.717) is 0 Å². The Bertz CT molecular complexity index is 773. The fourth-order valence-electron chi connectivity index (χ4n) is 3.15. The molecule has 6 heteroatoms. The van der Waals surface area contributed by atoms with Gasteiger partial charge in [0.2, 0.25) is 5.91 Å². The van der Waals surface area contributed by atoms with Crippen molar-refractivity contribution in [2.45, 2.75) is 13.5 Å². The zero-order valence-corrected chi connectivity index (χ0v) is 14.8. The average Bonchev–Trinajstić information content (AvgIpc) is 2.60. The summed E-state index contributed by atoms with van der Waals surface area (Å²) in [6.45, 7) is 6.65. The van der Waals surface area contributed by atoms with E-state index in [-0.39, 0.29) is 18.1 Å². The van der Waals surface area contributed by atoms with Crippen LogP contribution in [0.4, 0.5) is 14.5 Å². The number of anilines is 1. The van der Waals surface area contributed by atoms with Gasteiger partial charge in [-0.2, -0.15) is 0 Å². The Kier molecular flexibility index (Phi) is 5.96. The lowest BCUT2D eigenvalue weighted by Gasteiger charge is -2.34. The van der Waals surface area contributed by atoms with Crippen molar-refractivity contribution in [3.63, 3.8) is 0 Å². The van der Waals surface area contributed by atoms with Crippen molar-refractivity contribution in [3.05, 3.63) is 65.2 Å². The van der Waals surface area contributed by atoms with Gasteiger partial charge in [0.25, 0.3) is 0 Å². The molecule has 1 fully saturated rings. The molecule has 0 atom stereocenters. The number of carbonyl (C=O) groups is 1. The van der Waals surface area contributed by atoms with Gasteiger partial charge in [-0.15, -0.1) is 0 Å². The second kappa shape index (κ2) is 8.38. The third-order valence-electron chi connectivity index (χ3n) is 4.52. The van der Waals surface area contributed by atoms with E-state index >= 15 is 0 Å². The molecule has 1 heterocycles. The molecule has 1 aliphatic rings. The van der Waals surface area contributed by atoms with Crippen molar-refractivity contribution >= 4 is 11.6 Å². The number of nitrogens with one attached hydrogen (secondary N) is 1. The maximum Gasteiger partial charge on any atom is 0.238 e. The average molecular weight is 359 g/mol. The van der Waals surface area contributed by atoms with Crippen LogP contribution in [-0.4, -0.2) is 48.4 Å². The van der Waals surface area contributed by atoms with E-state index < -0.39 is 11.6 Å². The maximum atomic E-state index is 13.2. The van der Waals surface area contributed by atoms with E-state index in [1.54, 1.807) is 0 Å². The molecule has 0 unspecified atom stereocenters. The molecule has 26 heavy (non-hydrogen) atoms. The van der Waals surface area contributed by atoms with Crippen molar-refractivity contribution in [2.24, 2.45) is 0 Å². The Morgan fingerprint density at radius 3 is 2.42 bits per heavy atom. The standard InChI is InChI=1S/C20H23F2N3O/c1-15-3-2-4-16(11-15)13-24-7-9-25(10-8-24)14-20(26)23-17-5-6-18(21)19(22)12-17/h2-6,11-12H,7-10,13-14H2,1H3,(H,23,26). The Morgan fingerprint density at radius 2 is 1.73 bits per heavy atom. The number of nitrogens with zero attached hydrogens (tertiary/aromatic N) is 2. The molecule has 0 saturated carbocycles. The van der Waals surface area contributed by atoms with Gasteiger partial charge >= 0.3 is 0 Å². The summed E-state index contributed by atoms with van der Waals surface area (Å²) in [7, 11) is 0. The van der Waals surface area contributed by atoms with Crippen molar-refractivity contribution in [1.82, 2.24) is 9.80 Å². The highest BCUT2D eigenvalue weighted by Gasteiger charge is 2.19. The SMILES string of the molecule is Cc1cccc(CN2CCN(CC(=O)Nc3ccc(F)c(F)c3)CC2)c1. The number of aryl methyl sites for hydroxylation is 1. The van der Waals surface area contributed by atoms with Gasteiger partial charge < -0.3 is 5.32 Å². The summed E-state index contributed by atoms with van der Waals surface area (Å²) in [5.41, 5.74) is 2.83. The minimum Gasteiger partial charge on any atom is -0.325 e. The fraction of sp³-hybridized carbons (Fsp3) is 0.350. The molecule has 0 spiro atoms. The second-order valence-corrected chi connectivity index (χ2v) is 6.72. The van der Waals surface area contributed by atoms with Crippen LogP contribution in [0.3, 0.4) is 0 Å². The summed E-state index contributed by atoms with van der Waals surface area (Å²) in [6.07, 6.45) is 0. The first-order chi connectivity index (χ1) is 12.5. The number of amides is 1. The maximum absolute atomic E-state index is 13.2. The molecule has 2 aromatic rings. The molecule has 1 saturated heterocycles. The van der Waals surface area contributed by atoms with E-state index in [1.807, 2.05) is 0 Å². The van der Waals surface area contributed by atoms with Crippen LogP contribution >= 0.6 is 0 Å². The number of halogens is 2. The number of rotatable bonds is 5. The summed E-state index contributed by atoms with van der Waals surface area (Å²) in [4.78, 5) is 16.5. The first-order valence-electron chi connectivity index (χ1n) is 8.75. The van der Waals surface area contributed by atoms with E-state index in [4.69, 9.17) is 0 Å². The van der Waals surface area contributed by atoms with Crippen molar-refractivity contribution in [1.29, 1.82) is 0 Å². The minimum atomic E-state index is -0.965. The third-order valence-corrected chi connectivity index (χ3v) is 4.52. The van der Waals surface area contributed by atoms with Crippen LogP contribution in [-0.2, 0) is 11.3 Å². The van der Waals surface area contributed by atoms with Crippen molar-refractivity contribution in [2.75, 3.05) is 38.0 Å². The molecule has 1 N–H and O–H groups in total. The lowest BCUT2D eigenvalue weighted by molar-refractivity contribution is -0.117. The van der Waals surface area contributed by atoms with Gasteiger partial charge in [-0.3, -0.25) is 14.6 Å². The van der Waals surface area contributed by atoms with Gasteiger partial charge in [-0.1, -0.05) is 29.8 Å². The van der Waals surface area contributed by atoms with Gasteiger partial charge in [-0.25, -0.2) is 8.78 Å². The quantitative estimate of drug-likeness (QED) is 0.891. The zero-order chi connectivity index (χ0) is 18.5. The van der Waals surface area contributed by atoms with Gasteiger partial charge in [0.05, 0.1) is 6.54 Å². The molecule has 0 bridgehead atoms. The molecular formula is C20H23F2N3O. The molecule has 0 aromatic heterocycles. The lowest BCUT2D eigenvalue weighted by atomic mass is 10.1. The molecule has 0 aliphatic carbocycles. The van der Waals surface area contributed by atoms with E-state index in [0.717, 1.165) is 44.9 Å². The van der Waals surface area contributed by atoms with Gasteiger partial charge in [-0.05, 0) is 24.6 Å². The molecule has 1 aliphatic heterocycles. The highest BCUT2D eigenvalue weighted by atomic mass is 19.2. The molecular weight excluding hydrogens is 336 g/mol. The summed E-state index contributed by atoms with van der Waals surface area (Å²) in [5.74, 6) is -2.11. The monoisotopic (exact) mass is 359 g/mol. The highest BCUT2D eigenvalue weighted by Crippen LogP contribution is 2.14. The van der Waals surface area contributed by atoms with Crippen LogP contribution in [0, 0.1) is 18.6 Å². The molecule has 1 amide bonds. The number of hydrogen-bond donors (Lipinski definition) is 1. The first-order valence-corrected chi connectivity index (χ1v) is 8.75. The Labute approximate surface area is 152 Å². The smallest absolute Gasteiger partial charge is 0.238 e.